The summed E-state index contributed by atoms with van der Waals surface area (Å²) in [7, 11) is 0. The minimum atomic E-state index is -0.466. The van der Waals surface area contributed by atoms with Gasteiger partial charge in [0.25, 0.3) is 0 Å². The van der Waals surface area contributed by atoms with Crippen molar-refractivity contribution in [2.24, 2.45) is 11.8 Å². The first-order valence-electron chi connectivity index (χ1n) is 6.45. The summed E-state index contributed by atoms with van der Waals surface area (Å²) in [5.41, 5.74) is 0. The first kappa shape index (κ1) is 13.0. The quantitative estimate of drug-likeness (QED) is 0.777. The van der Waals surface area contributed by atoms with Crippen LogP contribution in [0.2, 0.25) is 0 Å². The smallest absolute Gasteiger partial charge is 0.237 e. The Morgan fingerprint density at radius 2 is 2.12 bits per heavy atom. The summed E-state index contributed by atoms with van der Waals surface area (Å²) >= 11 is 0. The van der Waals surface area contributed by atoms with Crippen LogP contribution in [-0.4, -0.2) is 12.5 Å². The lowest BCUT2D eigenvalue weighted by Crippen LogP contribution is -2.31. The van der Waals surface area contributed by atoms with Crippen LogP contribution in [0.3, 0.4) is 0 Å². The summed E-state index contributed by atoms with van der Waals surface area (Å²) in [6.07, 6.45) is 8.36. The largest absolute Gasteiger partial charge is 0.355 e. The van der Waals surface area contributed by atoms with Gasteiger partial charge in [0.1, 0.15) is 5.92 Å². The molecular formula is C13H22N2O. The third-order valence-corrected chi connectivity index (χ3v) is 3.46. The van der Waals surface area contributed by atoms with Crippen molar-refractivity contribution in [2.45, 2.75) is 51.9 Å². The highest BCUT2D eigenvalue weighted by Crippen LogP contribution is 2.25. The van der Waals surface area contributed by atoms with Crippen LogP contribution in [0.15, 0.2) is 0 Å². The van der Waals surface area contributed by atoms with E-state index in [2.05, 4.69) is 5.32 Å². The molecule has 1 N–H and O–H groups in total. The molecule has 3 heteroatoms. The first-order valence-corrected chi connectivity index (χ1v) is 6.45. The van der Waals surface area contributed by atoms with Gasteiger partial charge in [-0.05, 0) is 18.8 Å². The van der Waals surface area contributed by atoms with Crippen LogP contribution < -0.4 is 5.32 Å². The average Bonchev–Trinajstić information content (AvgIpc) is 2.32. The molecule has 3 nitrogen and oxygen atoms in total. The highest BCUT2D eigenvalue weighted by Gasteiger charge is 2.16. The average molecular weight is 222 g/mol. The van der Waals surface area contributed by atoms with Crippen molar-refractivity contribution in [3.8, 4) is 6.07 Å². The van der Waals surface area contributed by atoms with Gasteiger partial charge in [-0.2, -0.15) is 5.26 Å². The van der Waals surface area contributed by atoms with Crippen molar-refractivity contribution >= 4 is 5.91 Å². The summed E-state index contributed by atoms with van der Waals surface area (Å²) in [5, 5.41) is 11.6. The van der Waals surface area contributed by atoms with Gasteiger partial charge in [-0.25, -0.2) is 0 Å². The predicted octanol–water partition coefficient (Wildman–Crippen LogP) is 2.62. The van der Waals surface area contributed by atoms with E-state index in [1.165, 1.54) is 32.1 Å². The van der Waals surface area contributed by atoms with Crippen molar-refractivity contribution in [2.75, 3.05) is 6.54 Å². The Labute approximate surface area is 98.2 Å². The lowest BCUT2D eigenvalue weighted by Gasteiger charge is -2.21. The third kappa shape index (κ3) is 4.22. The molecule has 1 aliphatic carbocycles. The maximum Gasteiger partial charge on any atom is 0.237 e. The Kier molecular flexibility index (Phi) is 5.92. The summed E-state index contributed by atoms with van der Waals surface area (Å²) < 4.78 is 0. The van der Waals surface area contributed by atoms with E-state index in [9.17, 15) is 4.79 Å². The second-order valence-electron chi connectivity index (χ2n) is 4.67. The minimum Gasteiger partial charge on any atom is -0.355 e. The second-order valence-corrected chi connectivity index (χ2v) is 4.67. The maximum absolute atomic E-state index is 11.5. The standard InChI is InChI=1S/C13H22N2O/c1-2-12(10-14)13(16)15-9-8-11-6-4-3-5-7-11/h11-12H,2-9H2,1H3,(H,15,16). The number of hydrogen-bond acceptors (Lipinski definition) is 2. The molecule has 0 aromatic carbocycles. The molecule has 1 atom stereocenters. The van der Waals surface area contributed by atoms with Gasteiger partial charge in [0.2, 0.25) is 5.91 Å². The van der Waals surface area contributed by atoms with E-state index in [4.69, 9.17) is 5.26 Å². The van der Waals surface area contributed by atoms with E-state index >= 15 is 0 Å². The van der Waals surface area contributed by atoms with Gasteiger partial charge in [-0.1, -0.05) is 39.0 Å². The molecular weight excluding hydrogens is 200 g/mol. The Morgan fingerprint density at radius 1 is 1.44 bits per heavy atom. The van der Waals surface area contributed by atoms with Gasteiger partial charge in [0, 0.05) is 6.54 Å². The van der Waals surface area contributed by atoms with Gasteiger partial charge in [0.05, 0.1) is 6.07 Å². The number of nitrogens with zero attached hydrogens (tertiary/aromatic N) is 1. The molecule has 1 fully saturated rings. The van der Waals surface area contributed by atoms with Gasteiger partial charge in [-0.3, -0.25) is 4.79 Å². The minimum absolute atomic E-state index is 0.0965. The lowest BCUT2D eigenvalue weighted by molar-refractivity contribution is -0.123. The highest BCUT2D eigenvalue weighted by molar-refractivity contribution is 5.80. The zero-order chi connectivity index (χ0) is 11.8. The van der Waals surface area contributed by atoms with Gasteiger partial charge in [0.15, 0.2) is 0 Å². The fourth-order valence-electron chi connectivity index (χ4n) is 2.33. The molecule has 0 heterocycles. The highest BCUT2D eigenvalue weighted by atomic mass is 16.1. The van der Waals surface area contributed by atoms with Gasteiger partial charge in [-0.15, -0.1) is 0 Å². The topological polar surface area (TPSA) is 52.9 Å². The van der Waals surface area contributed by atoms with E-state index in [0.717, 1.165) is 18.9 Å². The fraction of sp³-hybridized carbons (Fsp3) is 0.846. The van der Waals surface area contributed by atoms with Crippen LogP contribution in [0.1, 0.15) is 51.9 Å². The number of carbonyl (C=O) groups is 1. The van der Waals surface area contributed by atoms with E-state index < -0.39 is 5.92 Å². The molecule has 1 aliphatic rings. The number of rotatable bonds is 5. The monoisotopic (exact) mass is 222 g/mol. The fourth-order valence-corrected chi connectivity index (χ4v) is 2.33. The second kappa shape index (κ2) is 7.27. The summed E-state index contributed by atoms with van der Waals surface area (Å²) in [5.74, 6) is 0.225. The Hall–Kier alpha value is -1.04. The molecule has 0 spiro atoms. The zero-order valence-corrected chi connectivity index (χ0v) is 10.2. The molecule has 1 amide bonds. The molecule has 0 bridgehead atoms. The maximum atomic E-state index is 11.5. The molecule has 90 valence electrons. The summed E-state index contributed by atoms with van der Waals surface area (Å²) in [6.45, 7) is 2.61. The Balaban J connectivity index is 2.14. The van der Waals surface area contributed by atoms with E-state index in [0.29, 0.717) is 6.42 Å². The van der Waals surface area contributed by atoms with Crippen LogP contribution in [0, 0.1) is 23.2 Å². The summed E-state index contributed by atoms with van der Waals surface area (Å²) in [4.78, 5) is 11.5. The number of hydrogen-bond donors (Lipinski definition) is 1. The van der Waals surface area contributed by atoms with Crippen LogP contribution in [0.25, 0.3) is 0 Å². The van der Waals surface area contributed by atoms with Gasteiger partial charge < -0.3 is 5.32 Å². The zero-order valence-electron chi connectivity index (χ0n) is 10.2. The molecule has 1 saturated carbocycles. The van der Waals surface area contributed by atoms with Gasteiger partial charge >= 0.3 is 0 Å². The lowest BCUT2D eigenvalue weighted by atomic mass is 9.87. The number of nitriles is 1. The van der Waals surface area contributed by atoms with Crippen LogP contribution in [0.5, 0.6) is 0 Å². The molecule has 1 rings (SSSR count). The SMILES string of the molecule is CCC(C#N)C(=O)NCCC1CCCCC1. The third-order valence-electron chi connectivity index (χ3n) is 3.46. The molecule has 0 aromatic heterocycles. The van der Waals surface area contributed by atoms with Crippen LogP contribution in [0.4, 0.5) is 0 Å². The van der Waals surface area contributed by atoms with E-state index in [1.807, 2.05) is 13.0 Å². The molecule has 16 heavy (non-hydrogen) atoms. The van der Waals surface area contributed by atoms with Crippen molar-refractivity contribution in [1.29, 1.82) is 5.26 Å². The first-order chi connectivity index (χ1) is 7.77. The number of nitrogens with one attached hydrogen (secondary N) is 1. The number of amides is 1. The van der Waals surface area contributed by atoms with Crippen LogP contribution >= 0.6 is 0 Å². The van der Waals surface area contributed by atoms with Crippen molar-refractivity contribution in [3.05, 3.63) is 0 Å². The Morgan fingerprint density at radius 3 is 2.69 bits per heavy atom. The number of carbonyl (C=O) groups excluding carboxylic acids is 1. The molecule has 0 radical (unpaired) electrons. The van der Waals surface area contributed by atoms with Crippen molar-refractivity contribution in [1.82, 2.24) is 5.32 Å². The van der Waals surface area contributed by atoms with Crippen LogP contribution in [-0.2, 0) is 4.79 Å². The normalized spacial score (nSPS) is 18.8. The predicted molar refractivity (Wildman–Crippen MR) is 63.6 cm³/mol. The van der Waals surface area contributed by atoms with E-state index in [1.54, 1.807) is 0 Å². The summed E-state index contributed by atoms with van der Waals surface area (Å²) in [6, 6.07) is 2.03. The molecule has 0 saturated heterocycles. The Bertz CT molecular complexity index is 251. The van der Waals surface area contributed by atoms with E-state index in [-0.39, 0.29) is 5.91 Å². The molecule has 0 aliphatic heterocycles. The molecule has 1 unspecified atom stereocenters. The van der Waals surface area contributed by atoms with Crippen molar-refractivity contribution in [3.63, 3.8) is 0 Å². The van der Waals surface area contributed by atoms with Crippen molar-refractivity contribution < 1.29 is 4.79 Å². The molecule has 0 aromatic rings.